The molecule has 1 saturated heterocycles. The van der Waals surface area contributed by atoms with Gasteiger partial charge < -0.3 is 14.6 Å². The molecule has 1 amide bonds. The Balaban J connectivity index is 1.60. The Labute approximate surface area is 200 Å². The Hall–Kier alpha value is -3.29. The van der Waals surface area contributed by atoms with Gasteiger partial charge in [-0.15, -0.1) is 0 Å². The van der Waals surface area contributed by atoms with Crippen molar-refractivity contribution in [2.75, 3.05) is 39.4 Å². The van der Waals surface area contributed by atoms with Gasteiger partial charge in [-0.25, -0.2) is 0 Å². The van der Waals surface area contributed by atoms with Gasteiger partial charge in [0.15, 0.2) is 5.43 Å². The summed E-state index contributed by atoms with van der Waals surface area (Å²) >= 11 is 0. The van der Waals surface area contributed by atoms with Crippen molar-refractivity contribution in [3.8, 4) is 0 Å². The molecule has 1 aliphatic rings. The van der Waals surface area contributed by atoms with E-state index < -0.39 is 0 Å². The number of nitrogens with zero attached hydrogens (tertiary/aromatic N) is 3. The first kappa shape index (κ1) is 23.9. The zero-order chi connectivity index (χ0) is 23.8. The Morgan fingerprint density at radius 1 is 1.03 bits per heavy atom. The zero-order valence-corrected chi connectivity index (χ0v) is 19.7. The van der Waals surface area contributed by atoms with Gasteiger partial charge in [-0.1, -0.05) is 30.3 Å². The van der Waals surface area contributed by atoms with Gasteiger partial charge in [0.2, 0.25) is 0 Å². The molecule has 1 N–H and O–H groups in total. The lowest BCUT2D eigenvalue weighted by Gasteiger charge is -2.26. The van der Waals surface area contributed by atoms with E-state index in [1.807, 2.05) is 37.3 Å². The van der Waals surface area contributed by atoms with E-state index >= 15 is 0 Å². The number of nitrogens with one attached hydrogen (secondary N) is 1. The monoisotopic (exact) mass is 460 g/mol. The third kappa shape index (κ3) is 6.18. The molecular weight excluding hydrogens is 428 g/mol. The van der Waals surface area contributed by atoms with Crippen LogP contribution in [0.3, 0.4) is 0 Å². The predicted octanol–water partition coefficient (Wildman–Crippen LogP) is 2.45. The number of rotatable bonds is 9. The highest BCUT2D eigenvalue weighted by atomic mass is 16.5. The van der Waals surface area contributed by atoms with Crippen molar-refractivity contribution in [1.82, 2.24) is 19.8 Å². The van der Waals surface area contributed by atoms with Crippen molar-refractivity contribution in [2.45, 2.75) is 26.3 Å². The minimum absolute atomic E-state index is 0.226. The van der Waals surface area contributed by atoms with Gasteiger partial charge in [0.25, 0.3) is 5.91 Å². The average Bonchev–Trinajstić information content (AvgIpc) is 2.86. The predicted molar refractivity (Wildman–Crippen MR) is 132 cm³/mol. The number of aryl methyl sites for hydroxylation is 2. The number of morpholine rings is 1. The topological polar surface area (TPSA) is 76.5 Å². The highest BCUT2D eigenvalue weighted by Crippen LogP contribution is 2.16. The SMILES string of the molecule is Cc1cc(=O)c(C(=O)NCCN2CCOCC2)c(CCc2ccccc2)n1Cc1ccncc1. The van der Waals surface area contributed by atoms with Crippen LogP contribution in [-0.2, 0) is 24.1 Å². The number of ether oxygens (including phenoxy) is 1. The molecule has 0 saturated carbocycles. The first-order valence-electron chi connectivity index (χ1n) is 11.9. The molecule has 34 heavy (non-hydrogen) atoms. The maximum absolute atomic E-state index is 13.3. The van der Waals surface area contributed by atoms with Crippen molar-refractivity contribution >= 4 is 5.91 Å². The van der Waals surface area contributed by atoms with E-state index in [0.29, 0.717) is 19.5 Å². The molecular formula is C27H32N4O3. The second-order valence-electron chi connectivity index (χ2n) is 8.61. The van der Waals surface area contributed by atoms with Crippen molar-refractivity contribution < 1.29 is 9.53 Å². The van der Waals surface area contributed by atoms with E-state index in [1.54, 1.807) is 18.5 Å². The van der Waals surface area contributed by atoms with Crippen LogP contribution in [0, 0.1) is 6.92 Å². The lowest BCUT2D eigenvalue weighted by molar-refractivity contribution is 0.0383. The number of hydrogen-bond acceptors (Lipinski definition) is 5. The highest BCUT2D eigenvalue weighted by Gasteiger charge is 2.21. The van der Waals surface area contributed by atoms with Gasteiger partial charge in [0.05, 0.1) is 13.2 Å². The third-order valence-electron chi connectivity index (χ3n) is 6.25. The van der Waals surface area contributed by atoms with E-state index in [4.69, 9.17) is 4.74 Å². The van der Waals surface area contributed by atoms with Crippen LogP contribution in [0.2, 0.25) is 0 Å². The molecule has 3 heterocycles. The minimum atomic E-state index is -0.301. The smallest absolute Gasteiger partial charge is 0.257 e. The molecule has 4 rings (SSSR count). The van der Waals surface area contributed by atoms with Gasteiger partial charge in [0, 0.05) is 62.6 Å². The minimum Gasteiger partial charge on any atom is -0.379 e. The summed E-state index contributed by atoms with van der Waals surface area (Å²) in [6, 6.07) is 15.6. The Bertz CT molecular complexity index is 1140. The second kappa shape index (κ2) is 11.7. The number of carbonyl (C=O) groups is 1. The number of pyridine rings is 2. The largest absolute Gasteiger partial charge is 0.379 e. The fourth-order valence-electron chi connectivity index (χ4n) is 4.37. The number of benzene rings is 1. The van der Waals surface area contributed by atoms with Crippen molar-refractivity contribution in [3.63, 3.8) is 0 Å². The van der Waals surface area contributed by atoms with Crippen LogP contribution in [0.15, 0.2) is 65.7 Å². The normalized spacial score (nSPS) is 14.1. The van der Waals surface area contributed by atoms with Crippen LogP contribution >= 0.6 is 0 Å². The molecule has 0 bridgehead atoms. The lowest BCUT2D eigenvalue weighted by atomic mass is 10.0. The van der Waals surface area contributed by atoms with Gasteiger partial charge in [-0.05, 0) is 43.0 Å². The van der Waals surface area contributed by atoms with Crippen molar-refractivity contribution in [2.24, 2.45) is 0 Å². The number of aromatic nitrogens is 2. The first-order chi connectivity index (χ1) is 16.6. The molecule has 0 unspecified atom stereocenters. The van der Waals surface area contributed by atoms with Crippen molar-refractivity contribution in [1.29, 1.82) is 0 Å². The molecule has 3 aromatic rings. The van der Waals surface area contributed by atoms with Gasteiger partial charge in [-0.2, -0.15) is 0 Å². The molecule has 178 valence electrons. The molecule has 0 atom stereocenters. The van der Waals surface area contributed by atoms with E-state index in [1.165, 1.54) is 5.56 Å². The summed E-state index contributed by atoms with van der Waals surface area (Å²) < 4.78 is 7.48. The molecule has 1 fully saturated rings. The second-order valence-corrected chi connectivity index (χ2v) is 8.61. The molecule has 1 aromatic carbocycles. The number of amides is 1. The molecule has 0 spiro atoms. The summed E-state index contributed by atoms with van der Waals surface area (Å²) in [5, 5.41) is 2.99. The highest BCUT2D eigenvalue weighted by molar-refractivity contribution is 5.95. The maximum atomic E-state index is 13.3. The molecule has 0 aliphatic carbocycles. The first-order valence-corrected chi connectivity index (χ1v) is 11.9. The standard InChI is InChI=1S/C27H32N4O3/c1-21-19-25(32)26(27(33)29-13-14-30-15-17-34-18-16-30)24(8-7-22-5-3-2-4-6-22)31(21)20-23-9-11-28-12-10-23/h2-6,9-12,19H,7-8,13-18,20H2,1H3,(H,29,33). The summed E-state index contributed by atoms with van der Waals surface area (Å²) in [7, 11) is 0. The van der Waals surface area contributed by atoms with E-state index in [0.717, 1.165) is 56.2 Å². The van der Waals surface area contributed by atoms with Crippen LogP contribution in [0.1, 0.15) is 32.9 Å². The number of carbonyl (C=O) groups excluding carboxylic acids is 1. The summed E-state index contributed by atoms with van der Waals surface area (Å²) in [5.41, 5.74) is 3.88. The van der Waals surface area contributed by atoms with Crippen LogP contribution in [0.4, 0.5) is 0 Å². The molecule has 7 heteroatoms. The summed E-state index contributed by atoms with van der Waals surface area (Å²) in [4.78, 5) is 32.7. The van der Waals surface area contributed by atoms with Crippen LogP contribution < -0.4 is 10.7 Å². The summed E-state index contributed by atoms with van der Waals surface area (Å²) in [5.74, 6) is -0.301. The van der Waals surface area contributed by atoms with Crippen LogP contribution in [0.25, 0.3) is 0 Å². The van der Waals surface area contributed by atoms with Crippen molar-refractivity contribution in [3.05, 3.63) is 99.2 Å². The van der Waals surface area contributed by atoms with E-state index in [-0.39, 0.29) is 16.9 Å². The maximum Gasteiger partial charge on any atom is 0.257 e. The fourth-order valence-corrected chi connectivity index (χ4v) is 4.37. The summed E-state index contributed by atoms with van der Waals surface area (Å²) in [6.07, 6.45) is 4.86. The number of hydrogen-bond donors (Lipinski definition) is 1. The average molecular weight is 461 g/mol. The molecule has 0 radical (unpaired) electrons. The quantitative estimate of drug-likeness (QED) is 0.531. The van der Waals surface area contributed by atoms with Gasteiger partial charge >= 0.3 is 0 Å². The van der Waals surface area contributed by atoms with Crippen LogP contribution in [-0.4, -0.2) is 59.8 Å². The van der Waals surface area contributed by atoms with Gasteiger partial charge in [-0.3, -0.25) is 19.5 Å². The Kier molecular flexibility index (Phi) is 8.22. The molecule has 7 nitrogen and oxygen atoms in total. The Morgan fingerprint density at radius 3 is 2.50 bits per heavy atom. The lowest BCUT2D eigenvalue weighted by Crippen LogP contribution is -2.42. The van der Waals surface area contributed by atoms with E-state index in [9.17, 15) is 9.59 Å². The summed E-state index contributed by atoms with van der Waals surface area (Å²) in [6.45, 7) is 6.90. The van der Waals surface area contributed by atoms with Gasteiger partial charge in [0.1, 0.15) is 5.56 Å². The Morgan fingerprint density at radius 2 is 1.76 bits per heavy atom. The fraction of sp³-hybridized carbons (Fsp3) is 0.370. The zero-order valence-electron chi connectivity index (χ0n) is 19.7. The van der Waals surface area contributed by atoms with E-state index in [2.05, 4.69) is 31.9 Å². The van der Waals surface area contributed by atoms with Crippen LogP contribution in [0.5, 0.6) is 0 Å². The molecule has 1 aliphatic heterocycles. The molecule has 2 aromatic heterocycles. The third-order valence-corrected chi connectivity index (χ3v) is 6.25.